The second kappa shape index (κ2) is 12.7. The van der Waals surface area contributed by atoms with E-state index in [1.807, 2.05) is 7.05 Å². The van der Waals surface area contributed by atoms with E-state index in [1.54, 1.807) is 0 Å². The average Bonchev–Trinajstić information content (AvgIpc) is 3.21. The van der Waals surface area contributed by atoms with Crippen LogP contribution in [0, 0.1) is 0 Å². The van der Waals surface area contributed by atoms with Crippen molar-refractivity contribution in [2.45, 2.75) is 52.6 Å². The molecule has 0 unspecified atom stereocenters. The van der Waals surface area contributed by atoms with Gasteiger partial charge in [-0.15, -0.1) is 0 Å². The number of unbranched alkanes of at least 4 members (excludes halogenated alkanes) is 1. The van der Waals surface area contributed by atoms with E-state index in [0.29, 0.717) is 0 Å². The zero-order valence-corrected chi connectivity index (χ0v) is 17.6. The van der Waals surface area contributed by atoms with Gasteiger partial charge in [-0.05, 0) is 69.5 Å². The van der Waals surface area contributed by atoms with Crippen LogP contribution in [-0.2, 0) is 13.1 Å². The van der Waals surface area contributed by atoms with Crippen LogP contribution in [0.3, 0.4) is 0 Å². The maximum atomic E-state index is 4.33. The average molecular weight is 374 g/mol. The van der Waals surface area contributed by atoms with Crippen molar-refractivity contribution < 1.29 is 0 Å². The molecular weight excluding hydrogens is 334 g/mol. The van der Waals surface area contributed by atoms with Gasteiger partial charge in [0.05, 0.1) is 0 Å². The molecular formula is C22H39N5. The van der Waals surface area contributed by atoms with Crippen LogP contribution in [0.4, 0.5) is 0 Å². The Kier molecular flexibility index (Phi) is 10.2. The van der Waals surface area contributed by atoms with Gasteiger partial charge < -0.3 is 15.5 Å². The van der Waals surface area contributed by atoms with Crippen LogP contribution >= 0.6 is 0 Å². The first-order chi connectivity index (χ1) is 13.2. The van der Waals surface area contributed by atoms with Crippen molar-refractivity contribution in [1.82, 2.24) is 20.4 Å². The van der Waals surface area contributed by atoms with E-state index in [2.05, 4.69) is 63.5 Å². The summed E-state index contributed by atoms with van der Waals surface area (Å²) >= 11 is 0. The first-order valence-corrected chi connectivity index (χ1v) is 10.7. The Morgan fingerprint density at radius 1 is 1.00 bits per heavy atom. The van der Waals surface area contributed by atoms with Crippen LogP contribution in [0.5, 0.6) is 0 Å². The van der Waals surface area contributed by atoms with Crippen molar-refractivity contribution in [1.29, 1.82) is 0 Å². The summed E-state index contributed by atoms with van der Waals surface area (Å²) in [5.74, 6) is 0.888. The molecule has 1 saturated heterocycles. The number of benzene rings is 1. The van der Waals surface area contributed by atoms with E-state index in [9.17, 15) is 0 Å². The van der Waals surface area contributed by atoms with Gasteiger partial charge in [0.2, 0.25) is 0 Å². The molecule has 1 aliphatic heterocycles. The zero-order chi connectivity index (χ0) is 19.3. The molecule has 2 N–H and O–H groups in total. The SMILES string of the molecule is CCN(CC)CCCCNC(=NC)NCc1ccc(CN2CCCC2)cc1. The Bertz CT molecular complexity index is 530. The fraction of sp³-hybridized carbons (Fsp3) is 0.682. The van der Waals surface area contributed by atoms with Crippen molar-refractivity contribution in [3.05, 3.63) is 35.4 Å². The molecule has 2 rings (SSSR count). The molecule has 0 saturated carbocycles. The quantitative estimate of drug-likeness (QED) is 0.355. The Labute approximate surface area is 166 Å². The molecule has 0 bridgehead atoms. The lowest BCUT2D eigenvalue weighted by atomic mass is 10.1. The molecule has 5 nitrogen and oxygen atoms in total. The van der Waals surface area contributed by atoms with E-state index in [1.165, 1.54) is 56.4 Å². The van der Waals surface area contributed by atoms with Crippen LogP contribution in [0.1, 0.15) is 50.7 Å². The number of guanidine groups is 1. The maximum Gasteiger partial charge on any atom is 0.191 e. The van der Waals surface area contributed by atoms with Crippen LogP contribution in [0.25, 0.3) is 0 Å². The van der Waals surface area contributed by atoms with Gasteiger partial charge in [0.1, 0.15) is 0 Å². The fourth-order valence-corrected chi connectivity index (χ4v) is 3.57. The number of nitrogens with zero attached hydrogens (tertiary/aromatic N) is 3. The van der Waals surface area contributed by atoms with E-state index in [0.717, 1.165) is 38.7 Å². The second-order valence-corrected chi connectivity index (χ2v) is 7.39. The molecule has 1 fully saturated rings. The number of likely N-dealkylation sites (tertiary alicyclic amines) is 1. The minimum absolute atomic E-state index is 0.809. The van der Waals surface area contributed by atoms with Gasteiger partial charge >= 0.3 is 0 Å². The lowest BCUT2D eigenvalue weighted by Crippen LogP contribution is -2.37. The molecule has 1 aromatic carbocycles. The predicted octanol–water partition coefficient (Wildman–Crippen LogP) is 3.07. The van der Waals surface area contributed by atoms with Gasteiger partial charge in [0.25, 0.3) is 0 Å². The highest BCUT2D eigenvalue weighted by Gasteiger charge is 2.11. The third kappa shape index (κ3) is 8.31. The molecule has 0 aliphatic carbocycles. The van der Waals surface area contributed by atoms with Gasteiger partial charge in [0, 0.05) is 26.7 Å². The van der Waals surface area contributed by atoms with Crippen LogP contribution in [0.15, 0.2) is 29.3 Å². The molecule has 27 heavy (non-hydrogen) atoms. The molecule has 0 amide bonds. The Hall–Kier alpha value is -1.59. The number of hydrogen-bond donors (Lipinski definition) is 2. The van der Waals surface area contributed by atoms with Crippen LogP contribution in [0.2, 0.25) is 0 Å². The standard InChI is InChI=1S/C22H39N5/c1-4-26(5-2)15-7-6-14-24-22(23-3)25-18-20-10-12-21(13-11-20)19-27-16-8-9-17-27/h10-13H,4-9,14-19H2,1-3H3,(H2,23,24,25). The molecule has 0 spiro atoms. The third-order valence-corrected chi connectivity index (χ3v) is 5.40. The third-order valence-electron chi connectivity index (χ3n) is 5.40. The van der Waals surface area contributed by atoms with E-state index < -0.39 is 0 Å². The van der Waals surface area contributed by atoms with Crippen molar-refractivity contribution in [3.63, 3.8) is 0 Å². The highest BCUT2D eigenvalue weighted by Crippen LogP contribution is 2.13. The smallest absolute Gasteiger partial charge is 0.191 e. The van der Waals surface area contributed by atoms with Crippen LogP contribution in [-0.4, -0.2) is 62.1 Å². The highest BCUT2D eigenvalue weighted by molar-refractivity contribution is 5.79. The maximum absolute atomic E-state index is 4.33. The Morgan fingerprint density at radius 3 is 2.30 bits per heavy atom. The van der Waals surface area contributed by atoms with Crippen molar-refractivity contribution in [2.75, 3.05) is 46.3 Å². The van der Waals surface area contributed by atoms with Crippen molar-refractivity contribution in [2.24, 2.45) is 4.99 Å². The number of nitrogens with one attached hydrogen (secondary N) is 2. The fourth-order valence-electron chi connectivity index (χ4n) is 3.57. The Balaban J connectivity index is 1.63. The second-order valence-electron chi connectivity index (χ2n) is 7.39. The topological polar surface area (TPSA) is 42.9 Å². The number of rotatable bonds is 11. The van der Waals surface area contributed by atoms with Gasteiger partial charge in [0.15, 0.2) is 5.96 Å². The first-order valence-electron chi connectivity index (χ1n) is 10.7. The summed E-state index contributed by atoms with van der Waals surface area (Å²) in [7, 11) is 1.84. The van der Waals surface area contributed by atoms with Gasteiger partial charge in [-0.1, -0.05) is 38.1 Å². The van der Waals surface area contributed by atoms with Crippen molar-refractivity contribution >= 4 is 5.96 Å². The highest BCUT2D eigenvalue weighted by atomic mass is 15.2. The number of aliphatic imine (C=N–C) groups is 1. The minimum Gasteiger partial charge on any atom is -0.356 e. The summed E-state index contributed by atoms with van der Waals surface area (Å²) in [6.45, 7) is 13.3. The molecule has 0 aromatic heterocycles. The van der Waals surface area contributed by atoms with E-state index in [4.69, 9.17) is 0 Å². The number of hydrogen-bond acceptors (Lipinski definition) is 3. The summed E-state index contributed by atoms with van der Waals surface area (Å²) in [5.41, 5.74) is 2.71. The molecule has 1 heterocycles. The van der Waals surface area contributed by atoms with E-state index in [-0.39, 0.29) is 0 Å². The summed E-state index contributed by atoms with van der Waals surface area (Å²) in [4.78, 5) is 9.35. The summed E-state index contributed by atoms with van der Waals surface area (Å²) in [5, 5.41) is 6.84. The van der Waals surface area contributed by atoms with Crippen LogP contribution < -0.4 is 10.6 Å². The lowest BCUT2D eigenvalue weighted by Gasteiger charge is -2.18. The molecule has 5 heteroatoms. The zero-order valence-electron chi connectivity index (χ0n) is 17.6. The first kappa shape index (κ1) is 21.7. The molecule has 0 atom stereocenters. The van der Waals surface area contributed by atoms with Gasteiger partial charge in [-0.25, -0.2) is 0 Å². The largest absolute Gasteiger partial charge is 0.356 e. The van der Waals surface area contributed by atoms with Gasteiger partial charge in [-0.2, -0.15) is 0 Å². The summed E-state index contributed by atoms with van der Waals surface area (Å²) < 4.78 is 0. The van der Waals surface area contributed by atoms with Crippen molar-refractivity contribution in [3.8, 4) is 0 Å². The molecule has 1 aliphatic rings. The lowest BCUT2D eigenvalue weighted by molar-refractivity contribution is 0.297. The molecule has 152 valence electrons. The molecule has 1 aromatic rings. The van der Waals surface area contributed by atoms with Gasteiger partial charge in [-0.3, -0.25) is 9.89 Å². The van der Waals surface area contributed by atoms with E-state index >= 15 is 0 Å². The predicted molar refractivity (Wildman–Crippen MR) is 116 cm³/mol. The minimum atomic E-state index is 0.809. The summed E-state index contributed by atoms with van der Waals surface area (Å²) in [6.07, 6.45) is 5.10. The normalized spacial score (nSPS) is 15.5. The Morgan fingerprint density at radius 2 is 1.67 bits per heavy atom. The summed E-state index contributed by atoms with van der Waals surface area (Å²) in [6, 6.07) is 8.99. The monoisotopic (exact) mass is 373 g/mol. The molecule has 0 radical (unpaired) electrons.